The molecular weight excluding hydrogens is 596 g/mol. The maximum Gasteiger partial charge on any atom is 0.332 e. The Morgan fingerprint density at radius 2 is 1.50 bits per heavy atom. The number of amides is 3. The summed E-state index contributed by atoms with van der Waals surface area (Å²) in [6.07, 6.45) is 9.01. The van der Waals surface area contributed by atoms with E-state index in [1.165, 1.54) is 17.5 Å². The zero-order chi connectivity index (χ0) is 33.6. The number of likely N-dealkylation sites (tertiary alicyclic amines) is 1. The number of rotatable bonds is 9. The Hall–Kier alpha value is -4.49. The third-order valence-electron chi connectivity index (χ3n) is 10.2. The summed E-state index contributed by atoms with van der Waals surface area (Å²) in [5, 5.41) is 6.60. The van der Waals surface area contributed by atoms with Gasteiger partial charge >= 0.3 is 6.03 Å². The van der Waals surface area contributed by atoms with E-state index in [1.807, 2.05) is 61.2 Å². The second-order valence-electron chi connectivity index (χ2n) is 13.3. The number of urea groups is 1. The number of ketones is 1. The van der Waals surface area contributed by atoms with Gasteiger partial charge in [0.1, 0.15) is 0 Å². The highest BCUT2D eigenvalue weighted by Gasteiger charge is 2.53. The number of hydrogen-bond donors (Lipinski definition) is 1. The Kier molecular flexibility index (Phi) is 10.6. The molecule has 0 radical (unpaired) electrons. The van der Waals surface area contributed by atoms with Crippen molar-refractivity contribution in [2.45, 2.75) is 45.1 Å². The van der Waals surface area contributed by atoms with Crippen LogP contribution in [0.4, 0.5) is 4.79 Å². The fraction of sp³-hybridized carbons (Fsp3) is 0.390. The second kappa shape index (κ2) is 15.2. The third-order valence-corrected chi connectivity index (χ3v) is 10.2. The summed E-state index contributed by atoms with van der Waals surface area (Å²) in [6.45, 7) is 5.39. The van der Waals surface area contributed by atoms with Crippen LogP contribution in [0.2, 0.25) is 0 Å². The van der Waals surface area contributed by atoms with Crippen LogP contribution < -0.4 is 5.32 Å². The maximum absolute atomic E-state index is 14.4. The van der Waals surface area contributed by atoms with Crippen LogP contribution in [0.1, 0.15) is 49.3 Å². The van der Waals surface area contributed by atoms with Crippen LogP contribution in [0.25, 0.3) is 0 Å². The molecule has 48 heavy (non-hydrogen) atoms. The number of allylic oxidation sites excluding steroid dienone is 2. The van der Waals surface area contributed by atoms with E-state index >= 15 is 0 Å². The Morgan fingerprint density at radius 3 is 2.12 bits per heavy atom. The van der Waals surface area contributed by atoms with Crippen molar-refractivity contribution in [1.82, 2.24) is 20.2 Å². The van der Waals surface area contributed by atoms with Crippen LogP contribution >= 0.6 is 0 Å². The number of hydrogen-bond acceptors (Lipinski definition) is 4. The minimum absolute atomic E-state index is 0.000256. The summed E-state index contributed by atoms with van der Waals surface area (Å²) >= 11 is 0. The summed E-state index contributed by atoms with van der Waals surface area (Å²) in [4.78, 5) is 43.9. The molecule has 250 valence electrons. The number of hydrazine groups is 1. The SMILES string of the molecule is CC.CN1CC(=O)C2[C@@H](Cc3ccccc3)C(=O)N(CCC(c3ccccc3)c3ccccc3)C[C@@H]2N1C(=O)NCC1=CC2CC2C=C1. The zero-order valence-electron chi connectivity index (χ0n) is 28.4. The van der Waals surface area contributed by atoms with Crippen molar-refractivity contribution in [2.24, 2.45) is 23.7 Å². The summed E-state index contributed by atoms with van der Waals surface area (Å²) in [5.74, 6) is 0.290. The van der Waals surface area contributed by atoms with E-state index in [9.17, 15) is 14.4 Å². The molecule has 2 saturated heterocycles. The highest BCUT2D eigenvalue weighted by molar-refractivity contribution is 5.93. The van der Waals surface area contributed by atoms with Gasteiger partial charge in [-0.2, -0.15) is 0 Å². The molecule has 5 atom stereocenters. The van der Waals surface area contributed by atoms with E-state index in [4.69, 9.17) is 0 Å². The molecule has 0 aromatic heterocycles. The van der Waals surface area contributed by atoms with Gasteiger partial charge in [-0.15, -0.1) is 0 Å². The quantitative estimate of drug-likeness (QED) is 0.289. The predicted octanol–water partition coefficient (Wildman–Crippen LogP) is 6.49. The van der Waals surface area contributed by atoms with Gasteiger partial charge in [0.25, 0.3) is 0 Å². The number of nitrogens with zero attached hydrogens (tertiary/aromatic N) is 3. The number of carbonyl (C=O) groups excluding carboxylic acids is 3. The maximum atomic E-state index is 14.4. The number of benzene rings is 3. The standard InChI is InChI=1S/C39H42N4O3.C2H6/c1-41-26-36(44)37-34(22-27-11-5-2-6-12-27)38(45)42(20-19-33(29-13-7-3-8-14-29)30-15-9-4-10-16-30)25-35(37)43(41)39(46)40-24-28-17-18-31-23-32(31)21-28;1-2/h2-18,21,31-35,37H,19-20,22-26H2,1H3,(H,40,46);1-2H3/t31?,32?,34-,35+,37?;/m1./s1. The van der Waals surface area contributed by atoms with E-state index < -0.39 is 17.9 Å². The molecule has 2 heterocycles. The molecule has 3 amide bonds. The number of likely N-dealkylation sites (N-methyl/N-ethyl adjacent to an activating group) is 1. The van der Waals surface area contributed by atoms with Crippen molar-refractivity contribution in [2.75, 3.05) is 33.2 Å². The van der Waals surface area contributed by atoms with Crippen LogP contribution in [-0.4, -0.2) is 71.9 Å². The Bertz CT molecular complexity index is 1580. The number of nitrogens with one attached hydrogen (secondary N) is 1. The van der Waals surface area contributed by atoms with Crippen molar-refractivity contribution >= 4 is 17.7 Å². The summed E-state index contributed by atoms with van der Waals surface area (Å²) < 4.78 is 0. The molecule has 3 aromatic carbocycles. The average molecular weight is 645 g/mol. The van der Waals surface area contributed by atoms with Crippen LogP contribution in [0.3, 0.4) is 0 Å². The monoisotopic (exact) mass is 644 g/mol. The second-order valence-corrected chi connectivity index (χ2v) is 13.3. The number of fused-ring (bicyclic) bond motifs is 2. The first-order chi connectivity index (χ1) is 23.5. The first kappa shape index (κ1) is 33.4. The highest BCUT2D eigenvalue weighted by atomic mass is 16.2. The molecule has 3 aromatic rings. The minimum atomic E-state index is -0.564. The Balaban J connectivity index is 0.00000197. The van der Waals surface area contributed by atoms with E-state index in [-0.39, 0.29) is 30.2 Å². The molecule has 4 aliphatic rings. The molecule has 1 saturated carbocycles. The lowest BCUT2D eigenvalue weighted by Gasteiger charge is -2.52. The predicted molar refractivity (Wildman–Crippen MR) is 190 cm³/mol. The van der Waals surface area contributed by atoms with Crippen LogP contribution in [-0.2, 0) is 16.0 Å². The van der Waals surface area contributed by atoms with E-state index in [0.717, 1.165) is 17.6 Å². The largest absolute Gasteiger partial charge is 0.340 e. The van der Waals surface area contributed by atoms with E-state index in [2.05, 4.69) is 72.1 Å². The van der Waals surface area contributed by atoms with Crippen molar-refractivity contribution in [1.29, 1.82) is 0 Å². The molecule has 0 bridgehead atoms. The van der Waals surface area contributed by atoms with Crippen molar-refractivity contribution in [3.8, 4) is 0 Å². The first-order valence-corrected chi connectivity index (χ1v) is 17.6. The van der Waals surface area contributed by atoms with Gasteiger partial charge in [0.2, 0.25) is 5.91 Å². The lowest BCUT2D eigenvalue weighted by molar-refractivity contribution is -0.165. The van der Waals surface area contributed by atoms with E-state index in [1.54, 1.807) is 17.1 Å². The lowest BCUT2D eigenvalue weighted by Crippen LogP contribution is -2.70. The fourth-order valence-corrected chi connectivity index (χ4v) is 7.79. The molecule has 2 aliphatic carbocycles. The van der Waals surface area contributed by atoms with Gasteiger partial charge in [-0.1, -0.05) is 123 Å². The fourth-order valence-electron chi connectivity index (χ4n) is 7.79. The molecule has 7 nitrogen and oxygen atoms in total. The number of piperidine rings is 1. The van der Waals surface area contributed by atoms with Gasteiger partial charge in [0.15, 0.2) is 5.78 Å². The Morgan fingerprint density at radius 1 is 0.875 bits per heavy atom. The third kappa shape index (κ3) is 7.31. The molecule has 2 aliphatic heterocycles. The van der Waals surface area contributed by atoms with Gasteiger partial charge in [-0.05, 0) is 53.4 Å². The van der Waals surface area contributed by atoms with Crippen molar-refractivity contribution < 1.29 is 14.4 Å². The summed E-state index contributed by atoms with van der Waals surface area (Å²) in [5.41, 5.74) is 4.54. The van der Waals surface area contributed by atoms with Crippen molar-refractivity contribution in [3.63, 3.8) is 0 Å². The Labute approximate surface area is 285 Å². The molecular formula is C41H48N4O3. The topological polar surface area (TPSA) is 73.0 Å². The van der Waals surface area contributed by atoms with Crippen LogP contribution in [0.15, 0.2) is 115 Å². The molecule has 3 unspecified atom stereocenters. The average Bonchev–Trinajstić information content (AvgIpc) is 3.90. The zero-order valence-corrected chi connectivity index (χ0v) is 28.4. The van der Waals surface area contributed by atoms with Gasteiger partial charge in [0, 0.05) is 32.6 Å². The van der Waals surface area contributed by atoms with Gasteiger partial charge < -0.3 is 10.2 Å². The van der Waals surface area contributed by atoms with Gasteiger partial charge in [-0.25, -0.2) is 9.80 Å². The van der Waals surface area contributed by atoms with Gasteiger partial charge in [-0.3, -0.25) is 14.6 Å². The molecule has 1 N–H and O–H groups in total. The van der Waals surface area contributed by atoms with Crippen LogP contribution in [0, 0.1) is 23.7 Å². The van der Waals surface area contributed by atoms with Crippen molar-refractivity contribution in [3.05, 3.63) is 131 Å². The molecule has 7 rings (SSSR count). The van der Waals surface area contributed by atoms with E-state index in [0.29, 0.717) is 37.9 Å². The molecule has 3 fully saturated rings. The number of Topliss-reactive ketones (excluding diaryl/α,β-unsaturated/α-hetero) is 1. The normalized spacial score (nSPS) is 24.7. The first-order valence-electron chi connectivity index (χ1n) is 17.6. The highest BCUT2D eigenvalue weighted by Crippen LogP contribution is 2.44. The van der Waals surface area contributed by atoms with Gasteiger partial charge in [0.05, 0.1) is 24.4 Å². The summed E-state index contributed by atoms with van der Waals surface area (Å²) in [7, 11) is 1.80. The molecule has 0 spiro atoms. The minimum Gasteiger partial charge on any atom is -0.340 e. The molecule has 7 heteroatoms. The van der Waals surface area contributed by atoms with Crippen LogP contribution in [0.5, 0.6) is 0 Å². The number of carbonyl (C=O) groups is 3. The summed E-state index contributed by atoms with van der Waals surface area (Å²) in [6, 6.07) is 30.1. The smallest absolute Gasteiger partial charge is 0.332 e. The lowest BCUT2D eigenvalue weighted by atomic mass is 9.74.